The van der Waals surface area contributed by atoms with Gasteiger partial charge in [-0.25, -0.2) is 0 Å². The van der Waals surface area contributed by atoms with Crippen LogP contribution in [-0.2, 0) is 16.0 Å². The van der Waals surface area contributed by atoms with Crippen molar-refractivity contribution < 1.29 is 14.3 Å². The van der Waals surface area contributed by atoms with Gasteiger partial charge in [-0.15, -0.1) is 0 Å². The summed E-state index contributed by atoms with van der Waals surface area (Å²) in [5.41, 5.74) is 2.00. The maximum absolute atomic E-state index is 13.5. The minimum atomic E-state index is -0.563. The first-order chi connectivity index (χ1) is 16.5. The number of rotatable bonds is 6. The number of ether oxygens (including phenoxy) is 1. The van der Waals surface area contributed by atoms with Gasteiger partial charge < -0.3 is 10.1 Å². The van der Waals surface area contributed by atoms with Crippen LogP contribution in [0.1, 0.15) is 5.56 Å². The molecule has 6 nitrogen and oxygen atoms in total. The summed E-state index contributed by atoms with van der Waals surface area (Å²) in [6.45, 7) is 0. The molecule has 0 spiro atoms. The van der Waals surface area contributed by atoms with E-state index < -0.39 is 11.2 Å². The van der Waals surface area contributed by atoms with E-state index in [2.05, 4.69) is 21.2 Å². The van der Waals surface area contributed by atoms with Crippen LogP contribution in [0.25, 0.3) is 0 Å². The predicted octanol–water partition coefficient (Wildman–Crippen LogP) is 5.52. The first kappa shape index (κ1) is 23.6. The third-order valence-electron chi connectivity index (χ3n) is 5.20. The summed E-state index contributed by atoms with van der Waals surface area (Å²) < 4.78 is 6.18. The minimum absolute atomic E-state index is 0.115. The molecule has 1 aliphatic heterocycles. The summed E-state index contributed by atoms with van der Waals surface area (Å²) >= 11 is 4.66. The van der Waals surface area contributed by atoms with Gasteiger partial charge in [-0.3, -0.25) is 14.5 Å². The normalized spacial score (nSPS) is 16.7. The molecule has 0 radical (unpaired) electrons. The number of methoxy groups -OCH3 is 1. The van der Waals surface area contributed by atoms with Crippen molar-refractivity contribution in [2.45, 2.75) is 11.7 Å². The molecule has 1 unspecified atom stereocenters. The van der Waals surface area contributed by atoms with Crippen molar-refractivity contribution in [2.75, 3.05) is 17.3 Å². The number of hydrogen-bond acceptors (Lipinski definition) is 5. The molecule has 1 aliphatic rings. The Morgan fingerprint density at radius 3 is 2.38 bits per heavy atom. The van der Waals surface area contributed by atoms with Crippen LogP contribution >= 0.6 is 27.7 Å². The zero-order valence-corrected chi connectivity index (χ0v) is 20.6. The summed E-state index contributed by atoms with van der Waals surface area (Å²) in [6.07, 6.45) is 0.464. The molecular weight excluding hydrogens is 514 g/mol. The molecule has 1 heterocycles. The fourth-order valence-electron chi connectivity index (χ4n) is 3.50. The number of thioether (sulfide) groups is 1. The fourth-order valence-corrected chi connectivity index (χ4v) is 5.08. The van der Waals surface area contributed by atoms with Crippen molar-refractivity contribution in [1.29, 1.82) is 5.26 Å². The molecule has 4 rings (SSSR count). The topological polar surface area (TPSA) is 82.4 Å². The van der Waals surface area contributed by atoms with E-state index in [0.717, 1.165) is 10.0 Å². The zero-order valence-electron chi connectivity index (χ0n) is 18.2. The lowest BCUT2D eigenvalue weighted by molar-refractivity contribution is -0.117. The zero-order chi connectivity index (χ0) is 24.1. The average Bonchev–Trinajstić information content (AvgIpc) is 3.17. The van der Waals surface area contributed by atoms with Crippen LogP contribution in [-0.4, -0.2) is 24.2 Å². The highest BCUT2D eigenvalue weighted by Crippen LogP contribution is 2.42. The fraction of sp³-hybridized carbons (Fsp3) is 0.115. The first-order valence-electron chi connectivity index (χ1n) is 10.4. The van der Waals surface area contributed by atoms with Gasteiger partial charge in [0.25, 0.3) is 5.91 Å². The smallest absolute Gasteiger partial charge is 0.269 e. The first-order valence-corrected chi connectivity index (χ1v) is 12.1. The molecule has 3 aromatic carbocycles. The maximum Gasteiger partial charge on any atom is 0.269 e. The Balaban J connectivity index is 1.72. The SMILES string of the molecule is COc1ccc(N2C(=O)C(Cc3ccc(Br)cc3)S/C2=C(/C#N)C(=O)Nc2ccccc2)cc1. The van der Waals surface area contributed by atoms with Gasteiger partial charge in [0, 0.05) is 15.8 Å². The molecule has 1 N–H and O–H groups in total. The predicted molar refractivity (Wildman–Crippen MR) is 137 cm³/mol. The quantitative estimate of drug-likeness (QED) is 0.333. The maximum atomic E-state index is 13.5. The van der Waals surface area contributed by atoms with E-state index in [1.54, 1.807) is 55.6 Å². The number of para-hydroxylation sites is 1. The van der Waals surface area contributed by atoms with Crippen LogP contribution in [0.4, 0.5) is 11.4 Å². The Kier molecular flexibility index (Phi) is 7.36. The molecule has 2 amide bonds. The van der Waals surface area contributed by atoms with Gasteiger partial charge in [-0.05, 0) is 60.5 Å². The van der Waals surface area contributed by atoms with Crippen molar-refractivity contribution in [3.05, 3.63) is 99.5 Å². The molecule has 0 aliphatic carbocycles. The van der Waals surface area contributed by atoms with Gasteiger partial charge in [0.05, 0.1) is 12.4 Å². The molecule has 1 saturated heterocycles. The van der Waals surface area contributed by atoms with E-state index in [4.69, 9.17) is 4.74 Å². The van der Waals surface area contributed by atoms with Crippen LogP contribution < -0.4 is 15.0 Å². The highest BCUT2D eigenvalue weighted by molar-refractivity contribution is 9.10. The Bertz CT molecular complexity index is 1270. The summed E-state index contributed by atoms with van der Waals surface area (Å²) in [4.78, 5) is 28.0. The number of nitrogens with zero attached hydrogens (tertiary/aromatic N) is 2. The van der Waals surface area contributed by atoms with Gasteiger partial charge in [0.2, 0.25) is 5.91 Å². The number of halogens is 1. The van der Waals surface area contributed by atoms with Gasteiger partial charge >= 0.3 is 0 Å². The van der Waals surface area contributed by atoms with Crippen molar-refractivity contribution in [3.8, 4) is 11.8 Å². The standard InChI is InChI=1S/C26H20BrN3O3S/c1-33-21-13-11-20(12-14-21)30-25(32)23(15-17-7-9-18(27)10-8-17)34-26(30)22(16-28)24(31)29-19-5-3-2-4-6-19/h2-14,23H,15H2,1H3,(H,29,31)/b26-22-. The second-order valence-corrected chi connectivity index (χ2v) is 9.53. The van der Waals surface area contributed by atoms with E-state index in [-0.39, 0.29) is 11.5 Å². The number of amides is 2. The molecule has 1 atom stereocenters. The molecular formula is C26H20BrN3O3S. The Hall–Kier alpha value is -3.54. The Morgan fingerprint density at radius 2 is 1.76 bits per heavy atom. The Labute approximate surface area is 210 Å². The number of nitriles is 1. The highest BCUT2D eigenvalue weighted by Gasteiger charge is 2.40. The van der Waals surface area contributed by atoms with E-state index in [1.165, 1.54) is 16.7 Å². The molecule has 0 aromatic heterocycles. The molecule has 1 fully saturated rings. The molecule has 170 valence electrons. The van der Waals surface area contributed by atoms with Gasteiger partial charge in [0.15, 0.2) is 0 Å². The summed E-state index contributed by atoms with van der Waals surface area (Å²) in [5.74, 6) is -0.109. The van der Waals surface area contributed by atoms with Crippen LogP contribution in [0.15, 0.2) is 93.9 Å². The number of carbonyl (C=O) groups excluding carboxylic acids is 2. The lowest BCUT2D eigenvalue weighted by Gasteiger charge is -2.19. The minimum Gasteiger partial charge on any atom is -0.497 e. The van der Waals surface area contributed by atoms with Gasteiger partial charge in [-0.1, -0.05) is 58.0 Å². The molecule has 8 heteroatoms. The molecule has 3 aromatic rings. The van der Waals surface area contributed by atoms with Crippen molar-refractivity contribution >= 4 is 50.9 Å². The highest BCUT2D eigenvalue weighted by atomic mass is 79.9. The molecule has 0 bridgehead atoms. The van der Waals surface area contributed by atoms with Crippen LogP contribution in [0.2, 0.25) is 0 Å². The number of hydrogen-bond donors (Lipinski definition) is 1. The third kappa shape index (κ3) is 5.16. The molecule has 0 saturated carbocycles. The molecule has 34 heavy (non-hydrogen) atoms. The van der Waals surface area contributed by atoms with Crippen molar-refractivity contribution in [2.24, 2.45) is 0 Å². The van der Waals surface area contributed by atoms with Crippen LogP contribution in [0.3, 0.4) is 0 Å². The number of benzene rings is 3. The van der Waals surface area contributed by atoms with Gasteiger partial charge in [-0.2, -0.15) is 5.26 Å². The van der Waals surface area contributed by atoms with E-state index in [1.807, 2.05) is 36.4 Å². The van der Waals surface area contributed by atoms with E-state index in [0.29, 0.717) is 28.6 Å². The second kappa shape index (κ2) is 10.6. The van der Waals surface area contributed by atoms with Crippen molar-refractivity contribution in [3.63, 3.8) is 0 Å². The largest absolute Gasteiger partial charge is 0.497 e. The summed E-state index contributed by atoms with van der Waals surface area (Å²) in [6, 6.07) is 25.6. The number of anilines is 2. The third-order valence-corrected chi connectivity index (χ3v) is 6.99. The lowest BCUT2D eigenvalue weighted by Crippen LogP contribution is -2.30. The lowest BCUT2D eigenvalue weighted by atomic mass is 10.1. The second-order valence-electron chi connectivity index (χ2n) is 7.42. The average molecular weight is 534 g/mol. The van der Waals surface area contributed by atoms with E-state index >= 15 is 0 Å². The van der Waals surface area contributed by atoms with Gasteiger partial charge in [0.1, 0.15) is 22.4 Å². The van der Waals surface area contributed by atoms with Crippen LogP contribution in [0, 0.1) is 11.3 Å². The number of nitrogens with one attached hydrogen (secondary N) is 1. The van der Waals surface area contributed by atoms with Crippen molar-refractivity contribution in [1.82, 2.24) is 0 Å². The summed E-state index contributed by atoms with van der Waals surface area (Å²) in [5, 5.41) is 12.5. The van der Waals surface area contributed by atoms with E-state index in [9.17, 15) is 14.9 Å². The Morgan fingerprint density at radius 1 is 1.09 bits per heavy atom. The van der Waals surface area contributed by atoms with Crippen LogP contribution in [0.5, 0.6) is 5.75 Å². The summed E-state index contributed by atoms with van der Waals surface area (Å²) in [7, 11) is 1.56. The monoisotopic (exact) mass is 533 g/mol. The number of carbonyl (C=O) groups is 2.